The Morgan fingerprint density at radius 1 is 0.368 bits per heavy atom. The predicted octanol–water partition coefficient (Wildman–Crippen LogP) is 15.5. The lowest BCUT2D eigenvalue weighted by Gasteiger charge is -2.24. The van der Waals surface area contributed by atoms with Crippen LogP contribution < -0.4 is 22.9 Å². The lowest BCUT2D eigenvalue weighted by Crippen LogP contribution is -2.10. The molecule has 8 N–H and O–H groups in total. The maximum absolute atomic E-state index is 6.92. The summed E-state index contributed by atoms with van der Waals surface area (Å²) in [6, 6.07) is 11.2. The molecule has 0 aliphatic carbocycles. The minimum Gasteiger partial charge on any atom is -0.398 e. The van der Waals surface area contributed by atoms with Crippen LogP contribution in [0.4, 0.5) is 22.7 Å². The molecule has 6 heteroatoms. The van der Waals surface area contributed by atoms with Gasteiger partial charge in [0.1, 0.15) is 0 Å². The van der Waals surface area contributed by atoms with E-state index in [9.17, 15) is 0 Å². The lowest BCUT2D eigenvalue weighted by molar-refractivity contribution is 0.822. The first-order chi connectivity index (χ1) is 26.3. The molecular weight excluding hydrogens is 739 g/mol. The molecule has 0 aliphatic heterocycles. The first kappa shape index (κ1) is 48.0. The highest BCUT2D eigenvalue weighted by Gasteiger charge is 2.23. The van der Waals surface area contributed by atoms with Crippen LogP contribution in [-0.4, -0.2) is 0 Å². The van der Waals surface area contributed by atoms with Crippen LogP contribution in [0.25, 0.3) is 0 Å². The minimum absolute atomic E-state index is 0.282. The third-order valence-corrected chi connectivity index (χ3v) is 12.5. The van der Waals surface area contributed by atoms with Gasteiger partial charge < -0.3 is 22.9 Å². The van der Waals surface area contributed by atoms with Crippen molar-refractivity contribution in [2.45, 2.75) is 178 Å². The van der Waals surface area contributed by atoms with E-state index >= 15 is 0 Å². The number of anilines is 4. The van der Waals surface area contributed by atoms with E-state index in [2.05, 4.69) is 148 Å². The minimum atomic E-state index is 0.282. The van der Waals surface area contributed by atoms with Crippen LogP contribution in [0.3, 0.4) is 0 Å². The van der Waals surface area contributed by atoms with E-state index < -0.39 is 0 Å². The van der Waals surface area contributed by atoms with Crippen molar-refractivity contribution in [3.8, 4) is 0 Å². The van der Waals surface area contributed by atoms with Crippen LogP contribution in [0, 0.1) is 6.92 Å². The summed E-state index contributed by atoms with van der Waals surface area (Å²) in [5, 5.41) is 1.63. The number of benzene rings is 4. The third-order valence-electron chi connectivity index (χ3n) is 11.6. The van der Waals surface area contributed by atoms with Crippen LogP contribution in [0.2, 0.25) is 10.0 Å². The van der Waals surface area contributed by atoms with E-state index in [4.69, 9.17) is 46.1 Å². The summed E-state index contributed by atoms with van der Waals surface area (Å²) >= 11 is 13.8. The number of halogens is 2. The smallest absolute Gasteiger partial charge is 0.0496 e. The molecule has 4 aromatic rings. The van der Waals surface area contributed by atoms with E-state index in [1.165, 1.54) is 50.1 Å². The van der Waals surface area contributed by atoms with Crippen molar-refractivity contribution in [1.29, 1.82) is 0 Å². The van der Waals surface area contributed by atoms with Gasteiger partial charge in [0.05, 0.1) is 0 Å². The number of nitrogen functional groups attached to an aromatic ring is 4. The Kier molecular flexibility index (Phi) is 16.5. The van der Waals surface area contributed by atoms with Gasteiger partial charge in [0.25, 0.3) is 0 Å². The first-order valence-corrected chi connectivity index (χ1v) is 22.1. The van der Waals surface area contributed by atoms with E-state index in [0.717, 1.165) is 67.9 Å². The average Bonchev–Trinajstić information content (AvgIpc) is 3.08. The molecule has 4 nitrogen and oxygen atoms in total. The van der Waals surface area contributed by atoms with Crippen molar-refractivity contribution in [2.75, 3.05) is 22.9 Å². The van der Waals surface area contributed by atoms with Gasteiger partial charge in [-0.05, 0) is 139 Å². The molecular formula is C51H76Cl2N4. The second kappa shape index (κ2) is 19.6. The molecule has 314 valence electrons. The number of rotatable bonds is 12. The highest BCUT2D eigenvalue weighted by molar-refractivity contribution is 6.33. The van der Waals surface area contributed by atoms with E-state index in [1.54, 1.807) is 0 Å². The van der Waals surface area contributed by atoms with Crippen molar-refractivity contribution in [3.05, 3.63) is 113 Å². The summed E-state index contributed by atoms with van der Waals surface area (Å²) in [6.45, 7) is 37.2. The molecule has 0 atom stereocenters. The van der Waals surface area contributed by atoms with Crippen molar-refractivity contribution in [1.82, 2.24) is 0 Å². The maximum Gasteiger partial charge on any atom is 0.0496 e. The topological polar surface area (TPSA) is 104 Å². The molecule has 0 unspecified atom stereocenters. The first-order valence-electron chi connectivity index (χ1n) is 21.4. The fraction of sp³-hybridized carbons (Fsp3) is 0.529. The van der Waals surface area contributed by atoms with E-state index in [-0.39, 0.29) is 11.8 Å². The van der Waals surface area contributed by atoms with Gasteiger partial charge in [-0.1, -0.05) is 164 Å². The molecule has 0 saturated heterocycles. The Morgan fingerprint density at radius 3 is 0.965 bits per heavy atom. The van der Waals surface area contributed by atoms with Gasteiger partial charge in [-0.15, -0.1) is 0 Å². The predicted molar refractivity (Wildman–Crippen MR) is 256 cm³/mol. The van der Waals surface area contributed by atoms with Crippen molar-refractivity contribution < 1.29 is 0 Å². The monoisotopic (exact) mass is 815 g/mol. The van der Waals surface area contributed by atoms with Gasteiger partial charge in [-0.3, -0.25) is 0 Å². The van der Waals surface area contributed by atoms with Gasteiger partial charge in [0, 0.05) is 32.8 Å². The van der Waals surface area contributed by atoms with Gasteiger partial charge >= 0.3 is 0 Å². The zero-order valence-electron chi connectivity index (χ0n) is 38.5. The second-order valence-corrected chi connectivity index (χ2v) is 19.6. The molecule has 0 amide bonds. The normalized spacial score (nSPS) is 12.1. The summed E-state index contributed by atoms with van der Waals surface area (Å²) in [7, 11) is 0. The van der Waals surface area contributed by atoms with E-state index in [0.29, 0.717) is 35.5 Å². The van der Waals surface area contributed by atoms with Crippen LogP contribution in [0.1, 0.15) is 230 Å². The molecule has 0 heterocycles. The molecule has 0 radical (unpaired) electrons. The Bertz CT molecular complexity index is 1930. The van der Waals surface area contributed by atoms with Gasteiger partial charge in [-0.2, -0.15) is 0 Å². The van der Waals surface area contributed by atoms with Crippen LogP contribution in [-0.2, 0) is 12.8 Å². The lowest BCUT2D eigenvalue weighted by atomic mass is 9.83. The molecule has 0 spiro atoms. The summed E-state index contributed by atoms with van der Waals surface area (Å²) in [5.74, 6) is 2.82. The number of nitrogens with two attached hydrogens (primary N) is 4. The van der Waals surface area contributed by atoms with Gasteiger partial charge in [0.15, 0.2) is 0 Å². The highest BCUT2D eigenvalue weighted by atomic mass is 35.5. The Morgan fingerprint density at radius 2 is 0.649 bits per heavy atom. The fourth-order valence-electron chi connectivity index (χ4n) is 8.45. The van der Waals surface area contributed by atoms with Gasteiger partial charge in [-0.25, -0.2) is 0 Å². The largest absolute Gasteiger partial charge is 0.398 e. The van der Waals surface area contributed by atoms with Crippen molar-refractivity contribution in [2.24, 2.45) is 0 Å². The SMILES string of the molecule is CC(C)c1cc(Cc2cc(C(C)C)c(N)c(C(C)C)c2Cl)cc(C(C)C)c1N.Cc1c(Cc2cc(C(C)C)c(N)c(C(C)C)c2Cl)cc(C(C)C)c(N)c1C(C)C. The van der Waals surface area contributed by atoms with Crippen LogP contribution >= 0.6 is 23.2 Å². The molecule has 0 bridgehead atoms. The number of hydrogen-bond acceptors (Lipinski definition) is 4. The third kappa shape index (κ3) is 10.6. The molecule has 4 rings (SSSR count). The summed E-state index contributed by atoms with van der Waals surface area (Å²) in [4.78, 5) is 0. The van der Waals surface area contributed by atoms with E-state index in [1.807, 2.05) is 0 Å². The molecule has 4 aromatic carbocycles. The van der Waals surface area contributed by atoms with Crippen LogP contribution in [0.5, 0.6) is 0 Å². The van der Waals surface area contributed by atoms with Crippen molar-refractivity contribution >= 4 is 46.0 Å². The summed E-state index contributed by atoms with van der Waals surface area (Å²) < 4.78 is 0. The fourth-order valence-corrected chi connectivity index (χ4v) is 9.33. The second-order valence-electron chi connectivity index (χ2n) is 18.9. The van der Waals surface area contributed by atoms with Crippen molar-refractivity contribution in [3.63, 3.8) is 0 Å². The number of hydrogen-bond donors (Lipinski definition) is 4. The van der Waals surface area contributed by atoms with Crippen LogP contribution in [0.15, 0.2) is 30.3 Å². The summed E-state index contributed by atoms with van der Waals surface area (Å²) in [5.41, 5.74) is 45.3. The maximum atomic E-state index is 6.92. The molecule has 57 heavy (non-hydrogen) atoms. The summed E-state index contributed by atoms with van der Waals surface area (Å²) in [6.07, 6.45) is 1.59. The molecule has 0 aliphatic rings. The molecule has 0 fully saturated rings. The Hall–Kier alpha value is -3.34. The Labute approximate surface area is 357 Å². The zero-order valence-corrected chi connectivity index (χ0v) is 40.0. The molecule has 0 saturated carbocycles. The molecule has 0 aromatic heterocycles. The zero-order chi connectivity index (χ0) is 43.5. The average molecular weight is 816 g/mol. The highest BCUT2D eigenvalue weighted by Crippen LogP contribution is 2.42. The Balaban J connectivity index is 0.000000306. The quantitative estimate of drug-likeness (QED) is 0.107. The van der Waals surface area contributed by atoms with Gasteiger partial charge in [0.2, 0.25) is 0 Å². The standard InChI is InChI=1S/C26H39ClN2.C25H37ClN2/c1-13(2)20-11-18(17(9)22(15(5)6)25(20)28)10-19-12-21(14(3)4)26(29)23(16(7)8)24(19)27;1-13(2)19-10-17(11-20(14(3)4)24(19)27)9-18-12-21(15(5)6)25(28)22(16(7)8)23(18)26/h11-16H,10,28-29H2,1-9H3;10-16H,9,27-28H2,1-8H3.